The first kappa shape index (κ1) is 10.9. The summed E-state index contributed by atoms with van der Waals surface area (Å²) < 4.78 is 0. The molecule has 1 aliphatic heterocycles. The molecule has 0 radical (unpaired) electrons. The van der Waals surface area contributed by atoms with E-state index in [2.05, 4.69) is 13.2 Å². The Kier molecular flexibility index (Phi) is 3.57. The van der Waals surface area contributed by atoms with Gasteiger partial charge in [-0.25, -0.2) is 4.90 Å². The summed E-state index contributed by atoms with van der Waals surface area (Å²) in [6, 6.07) is 0. The van der Waals surface area contributed by atoms with Crippen molar-refractivity contribution in [2.75, 3.05) is 0 Å². The van der Waals surface area contributed by atoms with Gasteiger partial charge in [0.25, 0.3) is 11.8 Å². The number of hydrogen-bond donors (Lipinski definition) is 0. The summed E-state index contributed by atoms with van der Waals surface area (Å²) in [6.45, 7) is 7.04. The smallest absolute Gasteiger partial charge is 0.258 e. The summed E-state index contributed by atoms with van der Waals surface area (Å²) in [5.74, 6) is -0.691. The van der Waals surface area contributed by atoms with Crippen molar-refractivity contribution in [2.45, 2.75) is 0 Å². The molecule has 0 saturated carbocycles. The van der Waals surface area contributed by atoms with E-state index in [1.165, 1.54) is 18.2 Å². The highest BCUT2D eigenvalue weighted by Gasteiger charge is 2.25. The first-order valence-corrected chi connectivity index (χ1v) is 4.38. The largest absolute Gasteiger partial charge is 0.269 e. The van der Waals surface area contributed by atoms with Crippen molar-refractivity contribution in [3.8, 4) is 0 Å². The standard InChI is InChI=1S/C12H11NO2/c1-3-5-7-10(6-4-2)13-11(14)8-9-12(13)15/h3-9H,1-2H2/b7-5-,10-6+. The third kappa shape index (κ3) is 2.40. The second kappa shape index (κ2) is 4.91. The Morgan fingerprint density at radius 2 is 1.73 bits per heavy atom. The van der Waals surface area contributed by atoms with Crippen LogP contribution < -0.4 is 0 Å². The third-order valence-corrected chi connectivity index (χ3v) is 1.76. The van der Waals surface area contributed by atoms with Crippen LogP contribution >= 0.6 is 0 Å². The number of carbonyl (C=O) groups excluding carboxylic acids is 2. The molecule has 0 N–H and O–H groups in total. The number of carbonyl (C=O) groups is 2. The van der Waals surface area contributed by atoms with E-state index in [1.54, 1.807) is 24.3 Å². The summed E-state index contributed by atoms with van der Waals surface area (Å²) in [4.78, 5) is 23.8. The van der Waals surface area contributed by atoms with E-state index in [4.69, 9.17) is 0 Å². The minimum Gasteiger partial charge on any atom is -0.269 e. The van der Waals surface area contributed by atoms with Gasteiger partial charge in [-0.3, -0.25) is 9.59 Å². The molecule has 0 saturated heterocycles. The van der Waals surface area contributed by atoms with Crippen molar-refractivity contribution in [3.05, 3.63) is 61.4 Å². The van der Waals surface area contributed by atoms with E-state index in [0.717, 1.165) is 4.90 Å². The van der Waals surface area contributed by atoms with Crippen LogP contribution in [0.3, 0.4) is 0 Å². The lowest BCUT2D eigenvalue weighted by Gasteiger charge is -2.14. The molecule has 2 amide bonds. The highest BCUT2D eigenvalue weighted by atomic mass is 16.2. The zero-order valence-corrected chi connectivity index (χ0v) is 8.22. The van der Waals surface area contributed by atoms with E-state index in [-0.39, 0.29) is 11.8 Å². The molecule has 76 valence electrons. The maximum atomic E-state index is 11.3. The normalized spacial score (nSPS) is 16.5. The van der Waals surface area contributed by atoms with Crippen LogP contribution in [0.2, 0.25) is 0 Å². The molecule has 0 fully saturated rings. The molecule has 15 heavy (non-hydrogen) atoms. The Labute approximate surface area is 88.4 Å². The van der Waals surface area contributed by atoms with Crippen molar-refractivity contribution in [2.24, 2.45) is 0 Å². The Morgan fingerprint density at radius 3 is 2.20 bits per heavy atom. The number of hydrogen-bond acceptors (Lipinski definition) is 2. The predicted molar refractivity (Wildman–Crippen MR) is 58.6 cm³/mol. The van der Waals surface area contributed by atoms with Crippen LogP contribution in [0.5, 0.6) is 0 Å². The summed E-state index contributed by atoms with van der Waals surface area (Å²) in [7, 11) is 0. The van der Waals surface area contributed by atoms with E-state index in [9.17, 15) is 9.59 Å². The Morgan fingerprint density at radius 1 is 1.13 bits per heavy atom. The van der Waals surface area contributed by atoms with Crippen LogP contribution in [0, 0.1) is 0 Å². The highest BCUT2D eigenvalue weighted by molar-refractivity contribution is 6.14. The van der Waals surface area contributed by atoms with E-state index in [0.29, 0.717) is 5.70 Å². The minimum absolute atomic E-state index is 0.346. The van der Waals surface area contributed by atoms with Gasteiger partial charge in [-0.1, -0.05) is 31.4 Å². The molecule has 1 heterocycles. The van der Waals surface area contributed by atoms with Crippen LogP contribution in [0.25, 0.3) is 0 Å². The molecular weight excluding hydrogens is 190 g/mol. The van der Waals surface area contributed by atoms with Crippen LogP contribution in [-0.4, -0.2) is 16.7 Å². The molecule has 0 aliphatic carbocycles. The quantitative estimate of drug-likeness (QED) is 0.513. The number of allylic oxidation sites excluding steroid dienone is 5. The zero-order valence-electron chi connectivity index (χ0n) is 8.22. The van der Waals surface area contributed by atoms with E-state index >= 15 is 0 Å². The van der Waals surface area contributed by atoms with Crippen LogP contribution in [0.1, 0.15) is 0 Å². The third-order valence-electron chi connectivity index (χ3n) is 1.76. The van der Waals surface area contributed by atoms with Gasteiger partial charge in [0.2, 0.25) is 0 Å². The lowest BCUT2D eigenvalue weighted by molar-refractivity contribution is -0.134. The number of amides is 2. The Bertz CT molecular complexity index is 382. The first-order valence-electron chi connectivity index (χ1n) is 4.38. The van der Waals surface area contributed by atoms with Gasteiger partial charge < -0.3 is 0 Å². The molecule has 1 rings (SSSR count). The summed E-state index contributed by atoms with van der Waals surface area (Å²) in [6.07, 6.45) is 10.4. The molecule has 0 aromatic carbocycles. The molecule has 0 aromatic rings. The monoisotopic (exact) mass is 201 g/mol. The molecule has 0 spiro atoms. The van der Waals surface area contributed by atoms with Crippen molar-refractivity contribution in [3.63, 3.8) is 0 Å². The topological polar surface area (TPSA) is 37.4 Å². The summed E-state index contributed by atoms with van der Waals surface area (Å²) in [5, 5.41) is 0. The van der Waals surface area contributed by atoms with Gasteiger partial charge in [-0.15, -0.1) is 0 Å². The predicted octanol–water partition coefficient (Wildman–Crippen LogP) is 1.72. The Hall–Kier alpha value is -2.16. The molecule has 3 nitrogen and oxygen atoms in total. The van der Waals surface area contributed by atoms with Gasteiger partial charge in [0, 0.05) is 12.2 Å². The van der Waals surface area contributed by atoms with Gasteiger partial charge in [0.15, 0.2) is 0 Å². The highest BCUT2D eigenvalue weighted by Crippen LogP contribution is 2.13. The van der Waals surface area contributed by atoms with Crippen molar-refractivity contribution in [1.29, 1.82) is 0 Å². The molecular formula is C12H11NO2. The fraction of sp³-hybridized carbons (Fsp3) is 0. The van der Waals surface area contributed by atoms with Gasteiger partial charge in [0.1, 0.15) is 0 Å². The fourth-order valence-electron chi connectivity index (χ4n) is 1.15. The lowest BCUT2D eigenvalue weighted by atomic mass is 10.3. The van der Waals surface area contributed by atoms with Crippen LogP contribution in [0.4, 0.5) is 0 Å². The van der Waals surface area contributed by atoms with Crippen molar-refractivity contribution >= 4 is 11.8 Å². The fourth-order valence-corrected chi connectivity index (χ4v) is 1.15. The molecule has 0 atom stereocenters. The first-order chi connectivity index (χ1) is 7.20. The molecule has 0 bridgehead atoms. The minimum atomic E-state index is -0.346. The van der Waals surface area contributed by atoms with E-state index in [1.807, 2.05) is 0 Å². The number of imide groups is 1. The van der Waals surface area contributed by atoms with Gasteiger partial charge >= 0.3 is 0 Å². The molecule has 3 heteroatoms. The molecule has 0 aromatic heterocycles. The zero-order chi connectivity index (χ0) is 11.3. The van der Waals surface area contributed by atoms with Crippen LogP contribution in [0.15, 0.2) is 61.4 Å². The average Bonchev–Trinajstić information content (AvgIpc) is 2.54. The van der Waals surface area contributed by atoms with Crippen molar-refractivity contribution < 1.29 is 9.59 Å². The van der Waals surface area contributed by atoms with Gasteiger partial charge in [-0.05, 0) is 12.2 Å². The van der Waals surface area contributed by atoms with Crippen molar-refractivity contribution in [1.82, 2.24) is 4.90 Å². The SMILES string of the molecule is C=C/C=C\C(=C/C=C)N1C(=O)C=CC1=O. The lowest BCUT2D eigenvalue weighted by Crippen LogP contribution is -2.28. The maximum absolute atomic E-state index is 11.3. The van der Waals surface area contributed by atoms with Gasteiger partial charge in [-0.2, -0.15) is 0 Å². The number of nitrogens with zero attached hydrogens (tertiary/aromatic N) is 1. The summed E-state index contributed by atoms with van der Waals surface area (Å²) in [5.41, 5.74) is 0.477. The average molecular weight is 201 g/mol. The number of rotatable bonds is 4. The van der Waals surface area contributed by atoms with E-state index < -0.39 is 0 Å². The maximum Gasteiger partial charge on any atom is 0.258 e. The van der Waals surface area contributed by atoms with Gasteiger partial charge in [0.05, 0.1) is 5.70 Å². The molecule has 1 aliphatic rings. The Balaban J connectivity index is 3.00. The molecule has 0 unspecified atom stereocenters. The second-order valence-corrected chi connectivity index (χ2v) is 2.77. The second-order valence-electron chi connectivity index (χ2n) is 2.77. The summed E-state index contributed by atoms with van der Waals surface area (Å²) >= 11 is 0. The van der Waals surface area contributed by atoms with Crippen LogP contribution in [-0.2, 0) is 9.59 Å².